The Morgan fingerprint density at radius 1 is 1.36 bits per heavy atom. The largest absolute Gasteiger partial charge is 0.200 e. The molecule has 0 aliphatic rings. The van der Waals surface area contributed by atoms with Gasteiger partial charge in [0.15, 0.2) is 0 Å². The Morgan fingerprint density at radius 2 is 1.91 bits per heavy atom. The lowest BCUT2D eigenvalue weighted by Crippen LogP contribution is -2.51. The van der Waals surface area contributed by atoms with Gasteiger partial charge in [-0.2, -0.15) is 10.3 Å². The van der Waals surface area contributed by atoms with Crippen molar-refractivity contribution >= 4 is 0 Å². The van der Waals surface area contributed by atoms with Crippen molar-refractivity contribution in [3.05, 3.63) is 30.1 Å². The normalized spacial score (nSPS) is 8.82. The maximum absolute atomic E-state index is 8.49. The smallest absolute Gasteiger partial charge is 0.192 e. The highest BCUT2D eigenvalue weighted by Gasteiger charge is 2.00. The van der Waals surface area contributed by atoms with Crippen LogP contribution in [0.4, 0.5) is 0 Å². The molecule has 1 heterocycles. The van der Waals surface area contributed by atoms with Crippen molar-refractivity contribution in [3.8, 4) is 6.07 Å². The van der Waals surface area contributed by atoms with E-state index < -0.39 is 0 Å². The van der Waals surface area contributed by atoms with Gasteiger partial charge in [-0.05, 0) is 0 Å². The second-order valence-corrected chi connectivity index (χ2v) is 2.43. The van der Waals surface area contributed by atoms with E-state index in [1.807, 2.05) is 36.2 Å². The Bertz CT molecular complexity index is 268. The second kappa shape index (κ2) is 3.02. The van der Waals surface area contributed by atoms with Gasteiger partial charge in [-0.3, -0.25) is 0 Å². The number of nitriles is 1. The fourth-order valence-electron chi connectivity index (χ4n) is 0.760. The molecule has 0 bridgehead atoms. The number of pyridine rings is 1. The Hall–Kier alpha value is -1.56. The van der Waals surface area contributed by atoms with Crippen LogP contribution >= 0.6 is 0 Å². The van der Waals surface area contributed by atoms with Crippen LogP contribution in [0.15, 0.2) is 24.5 Å². The fourth-order valence-corrected chi connectivity index (χ4v) is 0.760. The number of nitrogens with zero attached hydrogens (tertiary/aromatic N) is 3. The Morgan fingerprint density at radius 3 is 2.27 bits per heavy atom. The van der Waals surface area contributed by atoms with Gasteiger partial charge < -0.3 is 0 Å². The van der Waals surface area contributed by atoms with E-state index in [0.717, 1.165) is 0 Å². The van der Waals surface area contributed by atoms with Crippen LogP contribution in [-0.4, -0.2) is 14.1 Å². The lowest BCUT2D eigenvalue weighted by Gasteiger charge is -2.02. The third-order valence-electron chi connectivity index (χ3n) is 1.40. The zero-order valence-corrected chi connectivity index (χ0v) is 6.65. The summed E-state index contributed by atoms with van der Waals surface area (Å²) in [4.78, 5) is 0. The predicted molar refractivity (Wildman–Crippen MR) is 41.4 cm³/mol. The van der Waals surface area contributed by atoms with E-state index in [-0.39, 0.29) is 0 Å². The average Bonchev–Trinajstić information content (AvgIpc) is 2.05. The quantitative estimate of drug-likeness (QED) is 0.527. The molecule has 0 unspecified atom stereocenters. The molecular formula is C8H10N3+. The lowest BCUT2D eigenvalue weighted by molar-refractivity contribution is -0.687. The van der Waals surface area contributed by atoms with Gasteiger partial charge >= 0.3 is 0 Å². The van der Waals surface area contributed by atoms with Crippen LogP contribution in [0.25, 0.3) is 0 Å². The fraction of sp³-hybridized carbons (Fsp3) is 0.250. The molecule has 0 aliphatic heterocycles. The van der Waals surface area contributed by atoms with Crippen molar-refractivity contribution in [3.63, 3.8) is 0 Å². The third kappa shape index (κ3) is 1.68. The summed E-state index contributed by atoms with van der Waals surface area (Å²) in [5.41, 5.74) is 0.683. The summed E-state index contributed by atoms with van der Waals surface area (Å²) in [6.07, 6.45) is 3.69. The number of hydrogen-bond acceptors (Lipinski definition) is 2. The monoisotopic (exact) mass is 148 g/mol. The first-order chi connectivity index (χ1) is 5.24. The molecule has 3 heteroatoms. The molecule has 56 valence electrons. The van der Waals surface area contributed by atoms with Crippen LogP contribution in [0, 0.1) is 11.3 Å². The summed E-state index contributed by atoms with van der Waals surface area (Å²) in [5.74, 6) is 0. The third-order valence-corrected chi connectivity index (χ3v) is 1.40. The van der Waals surface area contributed by atoms with E-state index in [0.29, 0.717) is 5.56 Å². The summed E-state index contributed by atoms with van der Waals surface area (Å²) < 4.78 is 1.89. The summed E-state index contributed by atoms with van der Waals surface area (Å²) in [6, 6.07) is 5.62. The topological polar surface area (TPSA) is 30.9 Å². The van der Waals surface area contributed by atoms with Crippen molar-refractivity contribution < 1.29 is 4.68 Å². The first-order valence-electron chi connectivity index (χ1n) is 3.33. The zero-order valence-electron chi connectivity index (χ0n) is 6.65. The minimum atomic E-state index is 0.683. The molecule has 0 saturated carbocycles. The van der Waals surface area contributed by atoms with Gasteiger partial charge in [-0.25, -0.2) is 0 Å². The predicted octanol–water partition coefficient (Wildman–Crippen LogP) is 0.0434. The summed E-state index contributed by atoms with van der Waals surface area (Å²) in [6.45, 7) is 0. The van der Waals surface area contributed by atoms with E-state index in [1.54, 1.807) is 12.1 Å². The summed E-state index contributed by atoms with van der Waals surface area (Å²) >= 11 is 0. The molecule has 3 nitrogen and oxygen atoms in total. The molecule has 0 N–H and O–H groups in total. The summed E-state index contributed by atoms with van der Waals surface area (Å²) in [7, 11) is 3.87. The molecule has 0 aliphatic carbocycles. The molecule has 0 fully saturated rings. The van der Waals surface area contributed by atoms with Crippen LogP contribution in [0.2, 0.25) is 0 Å². The minimum Gasteiger partial charge on any atom is -0.192 e. The maximum Gasteiger partial charge on any atom is 0.200 e. The van der Waals surface area contributed by atoms with E-state index in [4.69, 9.17) is 5.26 Å². The molecule has 0 aromatic carbocycles. The van der Waals surface area contributed by atoms with Gasteiger partial charge in [0.1, 0.15) is 0 Å². The summed E-state index contributed by atoms with van der Waals surface area (Å²) in [5, 5.41) is 10.4. The van der Waals surface area contributed by atoms with Gasteiger partial charge in [0, 0.05) is 12.1 Å². The molecule has 0 atom stereocenters. The van der Waals surface area contributed by atoms with Crippen molar-refractivity contribution in [2.75, 3.05) is 19.1 Å². The van der Waals surface area contributed by atoms with Crippen molar-refractivity contribution in [2.45, 2.75) is 0 Å². The number of aromatic nitrogens is 1. The van der Waals surface area contributed by atoms with Gasteiger partial charge in [0.25, 0.3) is 0 Å². The Labute approximate surface area is 66.1 Å². The van der Waals surface area contributed by atoms with Gasteiger partial charge in [0.2, 0.25) is 12.4 Å². The highest BCUT2D eigenvalue weighted by Crippen LogP contribution is 1.89. The van der Waals surface area contributed by atoms with E-state index >= 15 is 0 Å². The highest BCUT2D eigenvalue weighted by atomic mass is 15.5. The molecule has 11 heavy (non-hydrogen) atoms. The van der Waals surface area contributed by atoms with E-state index in [2.05, 4.69) is 6.07 Å². The van der Waals surface area contributed by atoms with Crippen molar-refractivity contribution in [2.24, 2.45) is 0 Å². The van der Waals surface area contributed by atoms with Gasteiger partial charge in [0.05, 0.1) is 25.7 Å². The number of hydrogen-bond donors (Lipinski definition) is 0. The molecule has 0 amide bonds. The van der Waals surface area contributed by atoms with E-state index in [1.165, 1.54) is 0 Å². The Balaban J connectivity index is 2.94. The van der Waals surface area contributed by atoms with Gasteiger partial charge in [-0.1, -0.05) is 4.68 Å². The molecule has 1 aromatic rings. The minimum absolute atomic E-state index is 0.683. The first kappa shape index (κ1) is 7.55. The molecule has 0 spiro atoms. The Kier molecular flexibility index (Phi) is 2.07. The second-order valence-electron chi connectivity index (χ2n) is 2.43. The first-order valence-corrected chi connectivity index (χ1v) is 3.33. The van der Waals surface area contributed by atoms with Crippen molar-refractivity contribution in [1.82, 2.24) is 0 Å². The van der Waals surface area contributed by atoms with Crippen LogP contribution in [0.3, 0.4) is 0 Å². The lowest BCUT2D eigenvalue weighted by atomic mass is 10.3. The highest BCUT2D eigenvalue weighted by molar-refractivity contribution is 5.23. The van der Waals surface area contributed by atoms with Gasteiger partial charge in [-0.15, -0.1) is 0 Å². The maximum atomic E-state index is 8.49. The molecule has 1 aromatic heterocycles. The molecular weight excluding hydrogens is 138 g/mol. The standard InChI is InChI=1S/C8H10N3/c1-10(2)11-5-3-8(7-9)4-6-11/h3-6H,1-2H3/q+1. The van der Waals surface area contributed by atoms with Crippen LogP contribution in [0.5, 0.6) is 0 Å². The number of rotatable bonds is 1. The molecule has 1 rings (SSSR count). The van der Waals surface area contributed by atoms with Crippen LogP contribution < -0.4 is 9.69 Å². The SMILES string of the molecule is CN(C)[n+]1ccc(C#N)cc1. The average molecular weight is 148 g/mol. The van der Waals surface area contributed by atoms with Crippen molar-refractivity contribution in [1.29, 1.82) is 5.26 Å². The van der Waals surface area contributed by atoms with Crippen LogP contribution in [0.1, 0.15) is 5.56 Å². The molecule has 0 saturated heterocycles. The van der Waals surface area contributed by atoms with Crippen LogP contribution in [-0.2, 0) is 0 Å². The van der Waals surface area contributed by atoms with E-state index in [9.17, 15) is 0 Å². The zero-order chi connectivity index (χ0) is 8.27. The molecule has 0 radical (unpaired) electrons.